The maximum absolute atomic E-state index is 11.0. The van der Waals surface area contributed by atoms with Gasteiger partial charge < -0.3 is 15.5 Å². The number of hydrogen-bond acceptors (Lipinski definition) is 5. The molecule has 0 fully saturated rings. The first kappa shape index (κ1) is 17.2. The summed E-state index contributed by atoms with van der Waals surface area (Å²) >= 11 is 0. The van der Waals surface area contributed by atoms with Crippen LogP contribution in [0.15, 0.2) is 77.0 Å². The summed E-state index contributed by atoms with van der Waals surface area (Å²) in [7, 11) is 0. The number of phenols is 2. The quantitative estimate of drug-likeness (QED) is 0.450. The van der Waals surface area contributed by atoms with Crippen LogP contribution in [0.5, 0.6) is 11.5 Å². The molecule has 130 valence electrons. The highest BCUT2D eigenvalue weighted by molar-refractivity contribution is 5.89. The SMILES string of the molecule is CC(=O)Nc1ccc(-c2ccc(N=Nc3ccc(O)c(O)c3)cc2)cc1. The van der Waals surface area contributed by atoms with Gasteiger partial charge in [0.1, 0.15) is 0 Å². The van der Waals surface area contributed by atoms with Crippen molar-refractivity contribution < 1.29 is 15.0 Å². The zero-order valence-corrected chi connectivity index (χ0v) is 14.0. The van der Waals surface area contributed by atoms with Gasteiger partial charge in [-0.2, -0.15) is 10.2 Å². The maximum Gasteiger partial charge on any atom is 0.221 e. The fourth-order valence-electron chi connectivity index (χ4n) is 2.36. The molecule has 6 heteroatoms. The summed E-state index contributed by atoms with van der Waals surface area (Å²) in [4.78, 5) is 11.0. The minimum absolute atomic E-state index is 0.102. The second-order valence-electron chi connectivity index (χ2n) is 5.68. The highest BCUT2D eigenvalue weighted by atomic mass is 16.3. The summed E-state index contributed by atoms with van der Waals surface area (Å²) in [6.45, 7) is 1.47. The molecule has 6 nitrogen and oxygen atoms in total. The van der Waals surface area contributed by atoms with Crippen LogP contribution in [0.4, 0.5) is 17.1 Å². The molecule has 0 unspecified atom stereocenters. The van der Waals surface area contributed by atoms with E-state index in [-0.39, 0.29) is 17.4 Å². The second kappa shape index (κ2) is 7.48. The zero-order chi connectivity index (χ0) is 18.5. The van der Waals surface area contributed by atoms with Crippen molar-refractivity contribution in [1.29, 1.82) is 0 Å². The molecular formula is C20H17N3O3. The minimum Gasteiger partial charge on any atom is -0.504 e. The highest BCUT2D eigenvalue weighted by Gasteiger charge is 2.01. The normalized spacial score (nSPS) is 10.8. The summed E-state index contributed by atoms with van der Waals surface area (Å²) < 4.78 is 0. The molecule has 26 heavy (non-hydrogen) atoms. The summed E-state index contributed by atoms with van der Waals surface area (Å²) in [5, 5.41) is 29.6. The van der Waals surface area contributed by atoms with E-state index in [1.54, 1.807) is 6.07 Å². The first-order chi connectivity index (χ1) is 12.5. The fraction of sp³-hybridized carbons (Fsp3) is 0.0500. The van der Waals surface area contributed by atoms with Crippen molar-refractivity contribution in [2.24, 2.45) is 10.2 Å². The summed E-state index contributed by atoms with van der Waals surface area (Å²) in [5.41, 5.74) is 3.89. The molecule has 0 aliphatic carbocycles. The Kier molecular flexibility index (Phi) is 4.94. The number of amides is 1. The van der Waals surface area contributed by atoms with Crippen LogP contribution in [0.3, 0.4) is 0 Å². The molecule has 0 saturated carbocycles. The minimum atomic E-state index is -0.237. The van der Waals surface area contributed by atoms with Crippen molar-refractivity contribution in [2.45, 2.75) is 6.92 Å². The average molecular weight is 347 g/mol. The van der Waals surface area contributed by atoms with E-state index in [4.69, 9.17) is 0 Å². The molecule has 3 N–H and O–H groups in total. The van der Waals surface area contributed by atoms with E-state index in [1.807, 2.05) is 48.5 Å². The number of rotatable bonds is 4. The molecule has 3 aromatic rings. The lowest BCUT2D eigenvalue weighted by Gasteiger charge is -2.05. The Morgan fingerprint density at radius 3 is 1.88 bits per heavy atom. The highest BCUT2D eigenvalue weighted by Crippen LogP contribution is 2.30. The van der Waals surface area contributed by atoms with Crippen LogP contribution in [0.1, 0.15) is 6.92 Å². The molecule has 3 aromatic carbocycles. The standard InChI is InChI=1S/C20H17N3O3/c1-13(24)21-16-6-2-14(3-7-16)15-4-8-17(9-5-15)22-23-18-10-11-19(25)20(26)12-18/h2-12,25-26H,1H3,(H,21,24). The molecule has 3 rings (SSSR count). The molecular weight excluding hydrogens is 330 g/mol. The number of carbonyl (C=O) groups excluding carboxylic acids is 1. The van der Waals surface area contributed by atoms with Gasteiger partial charge in [-0.05, 0) is 47.5 Å². The lowest BCUT2D eigenvalue weighted by molar-refractivity contribution is -0.114. The largest absolute Gasteiger partial charge is 0.504 e. The molecule has 0 aromatic heterocycles. The number of anilines is 1. The van der Waals surface area contributed by atoms with E-state index in [0.717, 1.165) is 16.8 Å². The van der Waals surface area contributed by atoms with Crippen molar-refractivity contribution in [3.05, 3.63) is 66.7 Å². The number of nitrogens with one attached hydrogen (secondary N) is 1. The van der Waals surface area contributed by atoms with Crippen LogP contribution in [-0.2, 0) is 4.79 Å². The van der Waals surface area contributed by atoms with E-state index in [0.29, 0.717) is 11.4 Å². The number of hydrogen-bond donors (Lipinski definition) is 3. The third-order valence-corrected chi connectivity index (χ3v) is 3.65. The van der Waals surface area contributed by atoms with Crippen LogP contribution in [-0.4, -0.2) is 16.1 Å². The molecule has 0 radical (unpaired) electrons. The van der Waals surface area contributed by atoms with E-state index in [2.05, 4.69) is 15.5 Å². The maximum atomic E-state index is 11.0. The Labute approximate surface area is 150 Å². The van der Waals surface area contributed by atoms with Crippen molar-refractivity contribution in [3.63, 3.8) is 0 Å². The molecule has 0 spiro atoms. The van der Waals surface area contributed by atoms with Gasteiger partial charge in [-0.3, -0.25) is 4.79 Å². The lowest BCUT2D eigenvalue weighted by Crippen LogP contribution is -2.05. The Hall–Kier alpha value is -3.67. The molecule has 0 saturated heterocycles. The Balaban J connectivity index is 1.72. The predicted octanol–water partition coefficient (Wildman–Crippen LogP) is 5.14. The van der Waals surface area contributed by atoms with Crippen LogP contribution in [0, 0.1) is 0 Å². The number of benzene rings is 3. The van der Waals surface area contributed by atoms with E-state index in [9.17, 15) is 15.0 Å². The van der Waals surface area contributed by atoms with Gasteiger partial charge in [0.25, 0.3) is 0 Å². The summed E-state index contributed by atoms with van der Waals surface area (Å²) in [5.74, 6) is -0.535. The zero-order valence-electron chi connectivity index (χ0n) is 14.0. The van der Waals surface area contributed by atoms with Gasteiger partial charge in [0.15, 0.2) is 11.5 Å². The van der Waals surface area contributed by atoms with Crippen molar-refractivity contribution in [2.75, 3.05) is 5.32 Å². The third kappa shape index (κ3) is 4.24. The summed E-state index contributed by atoms with van der Waals surface area (Å²) in [6, 6.07) is 19.3. The Morgan fingerprint density at radius 1 is 0.769 bits per heavy atom. The fourth-order valence-corrected chi connectivity index (χ4v) is 2.36. The van der Waals surface area contributed by atoms with E-state index < -0.39 is 0 Å². The van der Waals surface area contributed by atoms with Gasteiger partial charge in [-0.1, -0.05) is 24.3 Å². The van der Waals surface area contributed by atoms with Gasteiger partial charge in [-0.25, -0.2) is 0 Å². The van der Waals surface area contributed by atoms with Gasteiger partial charge in [0, 0.05) is 18.7 Å². The molecule has 0 atom stereocenters. The van der Waals surface area contributed by atoms with E-state index in [1.165, 1.54) is 19.1 Å². The predicted molar refractivity (Wildman–Crippen MR) is 100 cm³/mol. The molecule has 0 aliphatic heterocycles. The van der Waals surface area contributed by atoms with E-state index >= 15 is 0 Å². The molecule has 0 bridgehead atoms. The smallest absolute Gasteiger partial charge is 0.221 e. The topological polar surface area (TPSA) is 94.3 Å². The first-order valence-corrected chi connectivity index (χ1v) is 7.93. The average Bonchev–Trinajstić information content (AvgIpc) is 2.63. The first-order valence-electron chi connectivity index (χ1n) is 7.93. The molecule has 1 amide bonds. The third-order valence-electron chi connectivity index (χ3n) is 3.65. The van der Waals surface area contributed by atoms with Gasteiger partial charge in [0.05, 0.1) is 11.4 Å². The molecule has 0 heterocycles. The number of phenolic OH excluding ortho intramolecular Hbond substituents is 2. The number of carbonyl (C=O) groups is 1. The summed E-state index contributed by atoms with van der Waals surface area (Å²) in [6.07, 6.45) is 0. The van der Waals surface area contributed by atoms with Crippen LogP contribution < -0.4 is 5.32 Å². The molecule has 0 aliphatic rings. The van der Waals surface area contributed by atoms with Gasteiger partial charge >= 0.3 is 0 Å². The van der Waals surface area contributed by atoms with Crippen LogP contribution in [0.2, 0.25) is 0 Å². The number of aromatic hydroxyl groups is 2. The Bertz CT molecular complexity index is 949. The monoisotopic (exact) mass is 347 g/mol. The van der Waals surface area contributed by atoms with Crippen molar-refractivity contribution >= 4 is 23.0 Å². The second-order valence-corrected chi connectivity index (χ2v) is 5.68. The van der Waals surface area contributed by atoms with Gasteiger partial charge in [-0.15, -0.1) is 0 Å². The number of nitrogens with zero attached hydrogens (tertiary/aromatic N) is 2. The lowest BCUT2D eigenvalue weighted by atomic mass is 10.1. The Morgan fingerprint density at radius 2 is 1.31 bits per heavy atom. The van der Waals surface area contributed by atoms with Gasteiger partial charge in [0.2, 0.25) is 5.91 Å². The van der Waals surface area contributed by atoms with Crippen molar-refractivity contribution in [3.8, 4) is 22.6 Å². The van der Waals surface area contributed by atoms with Crippen LogP contribution in [0.25, 0.3) is 11.1 Å². The number of azo groups is 1. The van der Waals surface area contributed by atoms with Crippen LogP contribution >= 0.6 is 0 Å². The van der Waals surface area contributed by atoms with Crippen molar-refractivity contribution in [1.82, 2.24) is 0 Å².